The summed E-state index contributed by atoms with van der Waals surface area (Å²) in [4.78, 5) is 28.8. The number of carbonyl (C=O) groups is 1. The smallest absolute Gasteiger partial charge is 0.351 e. The molecule has 1 aromatic heterocycles. The first-order valence-corrected chi connectivity index (χ1v) is 10.4. The Hall–Kier alpha value is -2.75. The largest absolute Gasteiger partial charge is 0.459 e. The molecule has 2 aromatic rings. The summed E-state index contributed by atoms with van der Waals surface area (Å²) in [5.41, 5.74) is 5.31. The van der Waals surface area contributed by atoms with Crippen molar-refractivity contribution in [2.75, 3.05) is 25.6 Å². The lowest BCUT2D eigenvalue weighted by molar-refractivity contribution is -0.189. The Labute approximate surface area is 180 Å². The molecule has 0 spiro atoms. The van der Waals surface area contributed by atoms with Crippen LogP contribution in [0.4, 0.5) is 5.82 Å². The van der Waals surface area contributed by atoms with Crippen molar-refractivity contribution in [3.63, 3.8) is 0 Å². The zero-order chi connectivity index (χ0) is 22.0. The van der Waals surface area contributed by atoms with E-state index in [9.17, 15) is 9.59 Å². The highest BCUT2D eigenvalue weighted by Crippen LogP contribution is 2.46. The molecule has 0 radical (unpaired) electrons. The van der Waals surface area contributed by atoms with Crippen LogP contribution < -0.4 is 11.4 Å². The van der Waals surface area contributed by atoms with E-state index in [4.69, 9.17) is 24.7 Å². The number of esters is 1. The molecule has 0 amide bonds. The first-order valence-electron chi connectivity index (χ1n) is 10.4. The zero-order valence-corrected chi connectivity index (χ0v) is 17.7. The number of carbonyl (C=O) groups excluding carboxylic acids is 1. The SMILES string of the molecule is CCCCOC1[C@@H]2OC[C@]1(COC(=O)c1ccccc1)O[C@H]2n1cc(C)c(N)nc1=O. The van der Waals surface area contributed by atoms with Gasteiger partial charge in [0.25, 0.3) is 0 Å². The van der Waals surface area contributed by atoms with Crippen molar-refractivity contribution in [2.24, 2.45) is 0 Å². The molecule has 1 unspecified atom stereocenters. The van der Waals surface area contributed by atoms with Crippen LogP contribution in [0.3, 0.4) is 0 Å². The van der Waals surface area contributed by atoms with Gasteiger partial charge in [0.2, 0.25) is 0 Å². The summed E-state index contributed by atoms with van der Waals surface area (Å²) in [5, 5.41) is 0. The van der Waals surface area contributed by atoms with E-state index in [0.29, 0.717) is 17.7 Å². The molecule has 2 fully saturated rings. The monoisotopic (exact) mass is 429 g/mol. The molecule has 2 saturated heterocycles. The van der Waals surface area contributed by atoms with E-state index in [1.165, 1.54) is 4.57 Å². The fourth-order valence-corrected chi connectivity index (χ4v) is 3.93. The first-order chi connectivity index (χ1) is 14.9. The van der Waals surface area contributed by atoms with Crippen LogP contribution in [0.15, 0.2) is 41.3 Å². The fourth-order valence-electron chi connectivity index (χ4n) is 3.93. The Kier molecular flexibility index (Phi) is 6.08. The summed E-state index contributed by atoms with van der Waals surface area (Å²) in [6.07, 6.45) is 1.67. The molecule has 9 nitrogen and oxygen atoms in total. The van der Waals surface area contributed by atoms with Crippen molar-refractivity contribution >= 4 is 11.8 Å². The topological polar surface area (TPSA) is 115 Å². The Morgan fingerprint density at radius 1 is 1.35 bits per heavy atom. The van der Waals surface area contributed by atoms with Gasteiger partial charge in [-0.3, -0.25) is 4.57 Å². The third kappa shape index (κ3) is 4.08. The van der Waals surface area contributed by atoms with E-state index in [2.05, 4.69) is 11.9 Å². The number of ether oxygens (including phenoxy) is 4. The second-order valence-electron chi connectivity index (χ2n) is 7.93. The molecule has 0 saturated carbocycles. The zero-order valence-electron chi connectivity index (χ0n) is 17.7. The maximum Gasteiger partial charge on any atom is 0.351 e. The van der Waals surface area contributed by atoms with Crippen molar-refractivity contribution in [3.8, 4) is 0 Å². The van der Waals surface area contributed by atoms with Gasteiger partial charge in [0, 0.05) is 18.4 Å². The first kappa shape index (κ1) is 21.5. The highest BCUT2D eigenvalue weighted by atomic mass is 16.7. The van der Waals surface area contributed by atoms with Gasteiger partial charge in [-0.05, 0) is 25.5 Å². The number of nitrogen functional groups attached to an aromatic ring is 1. The molecule has 2 aliphatic heterocycles. The molecule has 1 aromatic carbocycles. The number of rotatable bonds is 8. The van der Waals surface area contributed by atoms with E-state index in [-0.39, 0.29) is 19.0 Å². The summed E-state index contributed by atoms with van der Waals surface area (Å²) in [6.45, 7) is 4.49. The number of aryl methyl sites for hydroxylation is 1. The molecule has 2 bridgehead atoms. The summed E-state index contributed by atoms with van der Waals surface area (Å²) in [5.74, 6) is -0.285. The Morgan fingerprint density at radius 2 is 2.13 bits per heavy atom. The molecule has 4 rings (SSSR count). The van der Waals surface area contributed by atoms with Gasteiger partial charge in [-0.2, -0.15) is 4.98 Å². The number of nitrogens with two attached hydrogens (primary N) is 1. The Morgan fingerprint density at radius 3 is 2.87 bits per heavy atom. The molecule has 31 heavy (non-hydrogen) atoms. The molecule has 4 atom stereocenters. The minimum absolute atomic E-state index is 0.0549. The van der Waals surface area contributed by atoms with Crippen molar-refractivity contribution in [2.45, 2.75) is 50.7 Å². The van der Waals surface area contributed by atoms with Crippen LogP contribution in [-0.4, -0.2) is 53.2 Å². The molecule has 3 heterocycles. The Balaban J connectivity index is 1.58. The van der Waals surface area contributed by atoms with Crippen LogP contribution >= 0.6 is 0 Å². The van der Waals surface area contributed by atoms with Gasteiger partial charge in [0.15, 0.2) is 11.8 Å². The third-order valence-corrected chi connectivity index (χ3v) is 5.67. The minimum Gasteiger partial charge on any atom is -0.459 e. The van der Waals surface area contributed by atoms with E-state index in [1.807, 2.05) is 6.07 Å². The number of anilines is 1. The number of unbranched alkanes of at least 4 members (excludes halogenated alkanes) is 1. The van der Waals surface area contributed by atoms with Gasteiger partial charge in [0.05, 0.1) is 12.2 Å². The predicted octanol–water partition coefficient (Wildman–Crippen LogP) is 1.84. The molecule has 9 heteroatoms. The van der Waals surface area contributed by atoms with E-state index in [0.717, 1.165) is 12.8 Å². The second kappa shape index (κ2) is 8.78. The number of hydrogen-bond acceptors (Lipinski definition) is 8. The van der Waals surface area contributed by atoms with Crippen LogP contribution in [0.25, 0.3) is 0 Å². The van der Waals surface area contributed by atoms with Gasteiger partial charge in [0.1, 0.15) is 24.6 Å². The van der Waals surface area contributed by atoms with E-state index in [1.54, 1.807) is 37.4 Å². The Bertz CT molecular complexity index is 994. The van der Waals surface area contributed by atoms with Gasteiger partial charge in [-0.25, -0.2) is 9.59 Å². The minimum atomic E-state index is -1.01. The molecular weight excluding hydrogens is 402 g/mol. The van der Waals surface area contributed by atoms with Crippen LogP contribution in [0.2, 0.25) is 0 Å². The lowest BCUT2D eigenvalue weighted by Gasteiger charge is -2.31. The standard InChI is InChI=1S/C22H27N3O6/c1-3-4-10-28-17-16-19(25-11-14(2)18(23)24-21(25)27)31-22(17,12-29-16)13-30-20(26)15-8-6-5-7-9-15/h5-9,11,16-17,19H,3-4,10,12-13H2,1-2H3,(H2,23,24,27)/t16-,17?,19+,22+/m0/s1. The average molecular weight is 429 g/mol. The molecule has 2 N–H and O–H groups in total. The number of hydrogen-bond donors (Lipinski definition) is 1. The molecular formula is C22H27N3O6. The molecule has 0 aliphatic carbocycles. The van der Waals surface area contributed by atoms with Crippen molar-refractivity contribution in [3.05, 3.63) is 58.1 Å². The number of aromatic nitrogens is 2. The van der Waals surface area contributed by atoms with Crippen LogP contribution in [0.1, 0.15) is 41.9 Å². The number of nitrogens with zero attached hydrogens (tertiary/aromatic N) is 2. The van der Waals surface area contributed by atoms with Gasteiger partial charge in [-0.1, -0.05) is 31.5 Å². The molecule has 166 valence electrons. The number of benzene rings is 1. The summed E-state index contributed by atoms with van der Waals surface area (Å²) >= 11 is 0. The molecule has 2 aliphatic rings. The maximum absolute atomic E-state index is 12.5. The second-order valence-corrected chi connectivity index (χ2v) is 7.93. The predicted molar refractivity (Wildman–Crippen MR) is 112 cm³/mol. The highest BCUT2D eigenvalue weighted by Gasteiger charge is 2.64. The number of fused-ring (bicyclic) bond motifs is 2. The third-order valence-electron chi connectivity index (χ3n) is 5.67. The van der Waals surface area contributed by atoms with Gasteiger partial charge < -0.3 is 24.7 Å². The van der Waals surface area contributed by atoms with Crippen molar-refractivity contribution < 1.29 is 23.7 Å². The van der Waals surface area contributed by atoms with Crippen molar-refractivity contribution in [1.82, 2.24) is 9.55 Å². The van der Waals surface area contributed by atoms with Crippen LogP contribution in [0, 0.1) is 6.92 Å². The average Bonchev–Trinajstić information content (AvgIpc) is 3.27. The van der Waals surface area contributed by atoms with E-state index < -0.39 is 35.7 Å². The van der Waals surface area contributed by atoms with Crippen LogP contribution in [0.5, 0.6) is 0 Å². The fraction of sp³-hybridized carbons (Fsp3) is 0.500. The summed E-state index contributed by atoms with van der Waals surface area (Å²) < 4.78 is 25.3. The quantitative estimate of drug-likeness (QED) is 0.499. The normalized spacial score (nSPS) is 26.8. The van der Waals surface area contributed by atoms with Gasteiger partial charge in [-0.15, -0.1) is 0 Å². The highest BCUT2D eigenvalue weighted by molar-refractivity contribution is 5.89. The lowest BCUT2D eigenvalue weighted by Crippen LogP contribution is -2.47. The maximum atomic E-state index is 12.5. The summed E-state index contributed by atoms with van der Waals surface area (Å²) in [7, 11) is 0. The van der Waals surface area contributed by atoms with Crippen molar-refractivity contribution in [1.29, 1.82) is 0 Å². The lowest BCUT2D eigenvalue weighted by atomic mass is 10.00. The van der Waals surface area contributed by atoms with E-state index >= 15 is 0 Å². The van der Waals surface area contributed by atoms with Crippen LogP contribution in [-0.2, 0) is 18.9 Å². The summed E-state index contributed by atoms with van der Waals surface area (Å²) in [6, 6.07) is 8.73. The van der Waals surface area contributed by atoms with Gasteiger partial charge >= 0.3 is 11.7 Å².